The number of nitrogens with zero attached hydrogens (tertiary/aromatic N) is 4. The maximum Gasteiger partial charge on any atom is 0.407 e. The number of carbonyl (C=O) groups excluding carboxylic acids is 4. The molecule has 16 heteroatoms. The van der Waals surface area contributed by atoms with Crippen molar-refractivity contribution in [1.82, 2.24) is 40.4 Å². The Kier molecular flexibility index (Phi) is 11.4. The maximum absolute atomic E-state index is 13.6. The summed E-state index contributed by atoms with van der Waals surface area (Å²) < 4.78 is 21.5. The quantitative estimate of drug-likeness (QED) is 0.141. The number of amides is 4. The van der Waals surface area contributed by atoms with Gasteiger partial charge in [0.25, 0.3) is 0 Å². The molecule has 5 heterocycles. The van der Waals surface area contributed by atoms with E-state index in [9.17, 15) is 19.2 Å². The number of methoxy groups -OCH3 is 2. The third-order valence-electron chi connectivity index (χ3n) is 11.0. The van der Waals surface area contributed by atoms with Crippen LogP contribution in [-0.2, 0) is 19.1 Å². The third-order valence-corrected chi connectivity index (χ3v) is 11.0. The van der Waals surface area contributed by atoms with E-state index in [2.05, 4.69) is 20.6 Å². The number of hydrogen-bond acceptors (Lipinski definition) is 10. The second kappa shape index (κ2) is 16.6. The summed E-state index contributed by atoms with van der Waals surface area (Å²) in [4.78, 5) is 71.2. The van der Waals surface area contributed by atoms with Gasteiger partial charge in [-0.3, -0.25) is 9.59 Å². The molecule has 2 saturated heterocycles. The number of aromatic nitrogens is 4. The Morgan fingerprint density at radius 2 is 1.14 bits per heavy atom. The van der Waals surface area contributed by atoms with Crippen LogP contribution in [0.2, 0.25) is 0 Å². The maximum atomic E-state index is 13.6. The first-order valence-corrected chi connectivity index (χ1v) is 19.4. The molecule has 0 saturated carbocycles. The van der Waals surface area contributed by atoms with Crippen molar-refractivity contribution in [3.8, 4) is 45.1 Å². The summed E-state index contributed by atoms with van der Waals surface area (Å²) in [6.07, 6.45) is 5.53. The number of alkyl carbamates (subject to hydrolysis) is 2. The number of benzene rings is 2. The van der Waals surface area contributed by atoms with Gasteiger partial charge in [0.1, 0.15) is 23.7 Å². The van der Waals surface area contributed by atoms with Gasteiger partial charge in [0.05, 0.1) is 37.7 Å². The normalized spacial score (nSPS) is 18.5. The van der Waals surface area contributed by atoms with Gasteiger partial charge < -0.3 is 49.3 Å². The van der Waals surface area contributed by atoms with Crippen LogP contribution in [0.15, 0.2) is 48.8 Å². The molecule has 0 aliphatic carbocycles. The molecule has 3 aliphatic rings. The number of hydrogen-bond donors (Lipinski definition) is 4. The molecule has 0 unspecified atom stereocenters. The lowest BCUT2D eigenvalue weighted by Gasteiger charge is -2.29. The number of fused-ring (bicyclic) bond motifs is 1. The Morgan fingerprint density at radius 3 is 1.65 bits per heavy atom. The van der Waals surface area contributed by atoms with Gasteiger partial charge in [-0.2, -0.15) is 0 Å². The van der Waals surface area contributed by atoms with E-state index in [1.807, 2.05) is 76.5 Å². The number of H-pyrrole nitrogens is 2. The molecule has 4 amide bonds. The Labute approximate surface area is 331 Å². The number of imidazole rings is 2. The fourth-order valence-electron chi connectivity index (χ4n) is 7.93. The standard InChI is InChI=1S/C41H50N8O8/c1-22(2)32(46-40(52)54-5)38(50)48-17-7-9-30(48)36-42-19-28(44-36)25-13-11-24(12-14-25)26-15-16-27(35-34(26)56-21-57-35)29-20-43-37(45-29)31-10-8-18-49(31)39(51)33(23(3)4)47-41(53)55-6/h11-16,19-20,22-23,30-33H,7-10,17-18,21H2,1-6H3,(H,42,44)(H,43,45)(H,46,52)(H,47,53)/t30-,31-,32-,33-/m0/s1. The second-order valence-corrected chi connectivity index (χ2v) is 15.2. The topological polar surface area (TPSA) is 193 Å². The molecule has 4 aromatic rings. The van der Waals surface area contributed by atoms with Crippen LogP contribution in [0.5, 0.6) is 11.5 Å². The molecule has 4 atom stereocenters. The van der Waals surface area contributed by atoms with Gasteiger partial charge in [-0.25, -0.2) is 19.6 Å². The van der Waals surface area contributed by atoms with Crippen molar-refractivity contribution in [3.05, 3.63) is 60.4 Å². The van der Waals surface area contributed by atoms with Crippen molar-refractivity contribution < 1.29 is 38.1 Å². The molecular weight excluding hydrogens is 732 g/mol. The molecule has 16 nitrogen and oxygen atoms in total. The Bertz CT molecular complexity index is 2110. The molecule has 3 aliphatic heterocycles. The minimum absolute atomic E-state index is 0.0663. The average Bonchev–Trinajstić information content (AvgIpc) is 4.07. The predicted molar refractivity (Wildman–Crippen MR) is 209 cm³/mol. The minimum Gasteiger partial charge on any atom is -0.453 e. The van der Waals surface area contributed by atoms with Crippen LogP contribution in [0.4, 0.5) is 9.59 Å². The summed E-state index contributed by atoms with van der Waals surface area (Å²) in [6, 6.07) is 10.0. The van der Waals surface area contributed by atoms with Crippen LogP contribution in [0.25, 0.3) is 33.6 Å². The summed E-state index contributed by atoms with van der Waals surface area (Å²) in [7, 11) is 2.56. The Balaban J connectivity index is 1.07. The number of likely N-dealkylation sites (tertiary alicyclic amines) is 2. The van der Waals surface area contributed by atoms with Gasteiger partial charge in [-0.15, -0.1) is 0 Å². The largest absolute Gasteiger partial charge is 0.453 e. The molecule has 0 radical (unpaired) electrons. The van der Waals surface area contributed by atoms with Crippen LogP contribution in [0.3, 0.4) is 0 Å². The van der Waals surface area contributed by atoms with Crippen molar-refractivity contribution in [2.24, 2.45) is 11.8 Å². The lowest BCUT2D eigenvalue weighted by molar-refractivity contribution is -0.136. The summed E-state index contributed by atoms with van der Waals surface area (Å²) >= 11 is 0. The highest BCUT2D eigenvalue weighted by molar-refractivity contribution is 5.87. The van der Waals surface area contributed by atoms with Gasteiger partial charge in [-0.05, 0) is 55.2 Å². The number of aromatic amines is 2. The fraction of sp³-hybridized carbons (Fsp3) is 0.463. The van der Waals surface area contributed by atoms with Crippen LogP contribution >= 0.6 is 0 Å². The van der Waals surface area contributed by atoms with Gasteiger partial charge >= 0.3 is 12.2 Å². The summed E-state index contributed by atoms with van der Waals surface area (Å²) in [6.45, 7) is 8.76. The SMILES string of the molecule is COC(=O)N[C@H](C(=O)N1CCC[C@H]1c1nc(-c2ccc(-c3ccc(-c4c[nH]c([C@@H]5CCCN5C(=O)[C@@H](NC(=O)OC)C(C)C)n4)c4c3OCO4)cc2)c[nH]1)C(C)C. The predicted octanol–water partition coefficient (Wildman–Crippen LogP) is 5.95. The van der Waals surface area contributed by atoms with Gasteiger partial charge in [-0.1, -0.05) is 52.0 Å². The molecule has 57 heavy (non-hydrogen) atoms. The van der Waals surface area contributed by atoms with Gasteiger partial charge in [0.15, 0.2) is 11.5 Å². The van der Waals surface area contributed by atoms with Crippen molar-refractivity contribution in [1.29, 1.82) is 0 Å². The van der Waals surface area contributed by atoms with Gasteiger partial charge in [0, 0.05) is 42.2 Å². The van der Waals surface area contributed by atoms with Gasteiger partial charge in [0.2, 0.25) is 18.6 Å². The number of ether oxygens (including phenoxy) is 4. The molecular formula is C41H50N8O8. The molecule has 302 valence electrons. The monoisotopic (exact) mass is 782 g/mol. The fourth-order valence-corrected chi connectivity index (χ4v) is 7.93. The van der Waals surface area contributed by atoms with E-state index in [1.54, 1.807) is 9.80 Å². The molecule has 0 spiro atoms. The molecule has 2 aromatic heterocycles. The Hall–Kier alpha value is -6.06. The number of carbonyl (C=O) groups is 4. The molecule has 2 aromatic carbocycles. The first-order chi connectivity index (χ1) is 27.5. The zero-order chi connectivity index (χ0) is 40.4. The summed E-state index contributed by atoms with van der Waals surface area (Å²) in [5, 5.41) is 5.38. The highest BCUT2D eigenvalue weighted by Gasteiger charge is 2.39. The molecule has 2 fully saturated rings. The Morgan fingerprint density at radius 1 is 0.684 bits per heavy atom. The number of nitrogens with one attached hydrogen (secondary N) is 4. The smallest absolute Gasteiger partial charge is 0.407 e. The first-order valence-electron chi connectivity index (χ1n) is 19.4. The van der Waals surface area contributed by atoms with E-state index in [4.69, 9.17) is 28.9 Å². The lowest BCUT2D eigenvalue weighted by Crippen LogP contribution is -2.51. The van der Waals surface area contributed by atoms with E-state index in [1.165, 1.54) is 14.2 Å². The minimum atomic E-state index is -0.721. The third kappa shape index (κ3) is 7.85. The van der Waals surface area contributed by atoms with E-state index < -0.39 is 24.3 Å². The summed E-state index contributed by atoms with van der Waals surface area (Å²) in [5.74, 6) is 1.98. The summed E-state index contributed by atoms with van der Waals surface area (Å²) in [5.41, 5.74) is 4.87. The lowest BCUT2D eigenvalue weighted by atomic mass is 9.99. The first kappa shape index (κ1) is 39.2. The van der Waals surface area contributed by atoms with E-state index in [0.717, 1.165) is 53.6 Å². The second-order valence-electron chi connectivity index (χ2n) is 15.2. The van der Waals surface area contributed by atoms with Crippen LogP contribution in [-0.4, -0.2) is 99.9 Å². The van der Waals surface area contributed by atoms with Crippen molar-refractivity contribution >= 4 is 24.0 Å². The highest BCUT2D eigenvalue weighted by Crippen LogP contribution is 2.48. The zero-order valence-electron chi connectivity index (χ0n) is 33.1. The molecule has 0 bridgehead atoms. The van der Waals surface area contributed by atoms with Crippen LogP contribution in [0, 0.1) is 11.8 Å². The number of rotatable bonds is 11. The average molecular weight is 783 g/mol. The van der Waals surface area contributed by atoms with E-state index >= 15 is 0 Å². The zero-order valence-corrected chi connectivity index (χ0v) is 33.1. The van der Waals surface area contributed by atoms with E-state index in [-0.39, 0.29) is 42.5 Å². The van der Waals surface area contributed by atoms with E-state index in [0.29, 0.717) is 41.9 Å². The molecule has 4 N–H and O–H groups in total. The highest BCUT2D eigenvalue weighted by atomic mass is 16.7. The van der Waals surface area contributed by atoms with Crippen molar-refractivity contribution in [2.45, 2.75) is 77.5 Å². The van der Waals surface area contributed by atoms with Crippen LogP contribution in [0.1, 0.15) is 77.1 Å². The van der Waals surface area contributed by atoms with Crippen molar-refractivity contribution in [3.63, 3.8) is 0 Å². The van der Waals surface area contributed by atoms with Crippen LogP contribution < -0.4 is 20.1 Å². The molecule has 7 rings (SSSR count). The van der Waals surface area contributed by atoms with Crippen molar-refractivity contribution in [2.75, 3.05) is 34.1 Å².